The van der Waals surface area contributed by atoms with Crippen molar-refractivity contribution in [1.29, 1.82) is 0 Å². The minimum absolute atomic E-state index is 0.0177. The summed E-state index contributed by atoms with van der Waals surface area (Å²) in [5.41, 5.74) is 20.3. The molecule has 2 heterocycles. The third-order valence-corrected chi connectivity index (χ3v) is 7.01. The van der Waals surface area contributed by atoms with Crippen molar-refractivity contribution in [2.45, 2.75) is 25.3 Å². The Morgan fingerprint density at radius 2 is 1.75 bits per heavy atom. The maximum atomic E-state index is 13.0. The number of benzene rings is 3. The fraction of sp³-hybridized carbons (Fsp3) is 0.182. The van der Waals surface area contributed by atoms with E-state index in [2.05, 4.69) is 15.3 Å². The number of hydrogen-bond acceptors (Lipinski definition) is 6. The number of carbonyl (C=O) groups is 2. The van der Waals surface area contributed by atoms with Crippen molar-refractivity contribution in [3.63, 3.8) is 0 Å². The molecular weight excluding hydrogens is 556 g/mol. The molecule has 1 atom stereocenters. The summed E-state index contributed by atoms with van der Waals surface area (Å²) in [5.74, 6) is 1.03. The largest absolute Gasteiger partial charge is 0.457 e. The first-order valence-electron chi connectivity index (χ1n) is 14.3. The fourth-order valence-corrected chi connectivity index (χ4v) is 4.94. The number of hydrogen-bond donors (Lipinski definition) is 4. The van der Waals surface area contributed by atoms with Crippen molar-refractivity contribution in [3.8, 4) is 22.9 Å². The van der Waals surface area contributed by atoms with Crippen molar-refractivity contribution < 1.29 is 14.3 Å². The normalized spacial score (nSPS) is 11.5. The Morgan fingerprint density at radius 1 is 0.932 bits per heavy atom. The van der Waals surface area contributed by atoms with Gasteiger partial charge in [0.05, 0.1) is 11.0 Å². The quantitative estimate of drug-likeness (QED) is 0.0911. The van der Waals surface area contributed by atoms with Crippen LogP contribution in [0, 0.1) is 0 Å². The van der Waals surface area contributed by atoms with Crippen LogP contribution in [0.1, 0.15) is 34.8 Å². The van der Waals surface area contributed by atoms with Crippen LogP contribution in [0.15, 0.2) is 102 Å². The average Bonchev–Trinajstić information content (AvgIpc) is 3.40. The molecule has 7 N–H and O–H groups in total. The maximum Gasteiger partial charge on any atom is 0.251 e. The molecule has 0 unspecified atom stereocenters. The predicted octanol–water partition coefficient (Wildman–Crippen LogP) is 3.94. The SMILES string of the molecule is NC(=O)[C@@H](CCCN=C(N)N)n1c(-c2cccc(Oc3ccccc3)c2)nc2cc(C(=O)NCCc3cccnc3)ccc21. The number of aromatic nitrogens is 3. The monoisotopic (exact) mass is 590 g/mol. The smallest absolute Gasteiger partial charge is 0.251 e. The lowest BCUT2D eigenvalue weighted by Gasteiger charge is -2.19. The zero-order valence-corrected chi connectivity index (χ0v) is 24.1. The second kappa shape index (κ2) is 14.0. The van der Waals surface area contributed by atoms with Crippen molar-refractivity contribution in [1.82, 2.24) is 19.9 Å². The fourth-order valence-electron chi connectivity index (χ4n) is 4.94. The minimum Gasteiger partial charge on any atom is -0.457 e. The summed E-state index contributed by atoms with van der Waals surface area (Å²) in [6.07, 6.45) is 5.03. The van der Waals surface area contributed by atoms with Gasteiger partial charge in [-0.3, -0.25) is 19.6 Å². The molecule has 0 saturated carbocycles. The van der Waals surface area contributed by atoms with E-state index in [4.69, 9.17) is 26.9 Å². The molecule has 224 valence electrons. The molecular formula is C33H34N8O3. The van der Waals surface area contributed by atoms with Crippen LogP contribution in [0.4, 0.5) is 0 Å². The Morgan fingerprint density at radius 3 is 2.50 bits per heavy atom. The Labute approximate surface area is 254 Å². The molecule has 0 aliphatic rings. The summed E-state index contributed by atoms with van der Waals surface area (Å²) in [6, 6.07) is 25.2. The van der Waals surface area contributed by atoms with Gasteiger partial charge in [-0.15, -0.1) is 0 Å². The number of nitrogens with one attached hydrogen (secondary N) is 1. The van der Waals surface area contributed by atoms with Gasteiger partial charge in [0.2, 0.25) is 5.91 Å². The summed E-state index contributed by atoms with van der Waals surface area (Å²) in [7, 11) is 0. The number of amides is 2. The molecule has 0 aliphatic carbocycles. The molecule has 0 saturated heterocycles. The van der Waals surface area contributed by atoms with E-state index in [1.807, 2.05) is 71.3 Å². The molecule has 0 bridgehead atoms. The van der Waals surface area contributed by atoms with E-state index < -0.39 is 11.9 Å². The van der Waals surface area contributed by atoms with E-state index in [0.29, 0.717) is 71.8 Å². The van der Waals surface area contributed by atoms with Crippen LogP contribution in [0.5, 0.6) is 11.5 Å². The number of ether oxygens (including phenoxy) is 1. The van der Waals surface area contributed by atoms with E-state index in [0.717, 1.165) is 5.56 Å². The summed E-state index contributed by atoms with van der Waals surface area (Å²) < 4.78 is 7.88. The Hall–Kier alpha value is -5.71. The van der Waals surface area contributed by atoms with Crippen LogP contribution < -0.4 is 27.3 Å². The molecule has 0 fully saturated rings. The van der Waals surface area contributed by atoms with Gasteiger partial charge < -0.3 is 31.8 Å². The summed E-state index contributed by atoms with van der Waals surface area (Å²) >= 11 is 0. The minimum atomic E-state index is -0.748. The van der Waals surface area contributed by atoms with E-state index in [-0.39, 0.29) is 11.9 Å². The lowest BCUT2D eigenvalue weighted by atomic mass is 10.1. The Kier molecular flexibility index (Phi) is 9.45. The molecule has 0 spiro atoms. The Balaban J connectivity index is 1.49. The van der Waals surface area contributed by atoms with Crippen molar-refractivity contribution in [2.75, 3.05) is 13.1 Å². The summed E-state index contributed by atoms with van der Waals surface area (Å²) in [4.78, 5) is 39.0. The number of para-hydroxylation sites is 1. The van der Waals surface area contributed by atoms with Crippen molar-refractivity contribution in [2.24, 2.45) is 22.2 Å². The standard InChI is InChI=1S/C33H34N8O3/c34-30(42)29(12-6-17-39-33(35)36)41-28-14-13-24(32(43)38-18-15-22-7-5-16-37-21-22)20-27(28)40-31(41)23-8-4-11-26(19-23)44-25-9-2-1-3-10-25/h1-5,7-11,13-14,16,19-21,29H,6,12,15,17-18H2,(H2,34,42)(H,38,43)(H4,35,36,39)/t29-/m1/s1. The number of fused-ring (bicyclic) bond motifs is 1. The number of carbonyl (C=O) groups excluding carboxylic acids is 2. The van der Waals surface area contributed by atoms with Gasteiger partial charge in [-0.1, -0.05) is 36.4 Å². The van der Waals surface area contributed by atoms with E-state index >= 15 is 0 Å². The number of nitrogens with zero attached hydrogens (tertiary/aromatic N) is 4. The summed E-state index contributed by atoms with van der Waals surface area (Å²) in [5, 5.41) is 2.96. The van der Waals surface area contributed by atoms with Crippen LogP contribution in [0.3, 0.4) is 0 Å². The van der Waals surface area contributed by atoms with Crippen molar-refractivity contribution >= 4 is 28.8 Å². The van der Waals surface area contributed by atoms with Crippen LogP contribution in [0.25, 0.3) is 22.4 Å². The van der Waals surface area contributed by atoms with Crippen molar-refractivity contribution in [3.05, 3.63) is 108 Å². The van der Waals surface area contributed by atoms with Gasteiger partial charge in [-0.05, 0) is 73.4 Å². The highest BCUT2D eigenvalue weighted by Crippen LogP contribution is 2.33. The van der Waals surface area contributed by atoms with Crippen LogP contribution in [-0.4, -0.2) is 45.4 Å². The molecule has 0 aliphatic heterocycles. The lowest BCUT2D eigenvalue weighted by Crippen LogP contribution is -2.28. The average molecular weight is 591 g/mol. The number of aliphatic imine (C=N–C) groups is 1. The first-order valence-corrected chi connectivity index (χ1v) is 14.3. The lowest BCUT2D eigenvalue weighted by molar-refractivity contribution is -0.121. The third-order valence-electron chi connectivity index (χ3n) is 7.01. The third kappa shape index (κ3) is 7.37. The molecule has 11 heteroatoms. The number of pyridine rings is 1. The molecule has 11 nitrogen and oxygen atoms in total. The molecule has 0 radical (unpaired) electrons. The zero-order valence-electron chi connectivity index (χ0n) is 24.1. The van der Waals surface area contributed by atoms with Crippen LogP contribution in [-0.2, 0) is 11.2 Å². The Bertz CT molecular complexity index is 1770. The van der Waals surface area contributed by atoms with Gasteiger partial charge >= 0.3 is 0 Å². The van der Waals surface area contributed by atoms with Gasteiger partial charge in [-0.2, -0.15) is 0 Å². The van der Waals surface area contributed by atoms with E-state index in [9.17, 15) is 9.59 Å². The van der Waals surface area contributed by atoms with Crippen LogP contribution >= 0.6 is 0 Å². The maximum absolute atomic E-state index is 13.0. The molecule has 44 heavy (non-hydrogen) atoms. The van der Waals surface area contributed by atoms with Gasteiger partial charge in [0.1, 0.15) is 23.4 Å². The first-order chi connectivity index (χ1) is 21.4. The van der Waals surface area contributed by atoms with E-state index in [1.165, 1.54) is 0 Å². The first kappa shape index (κ1) is 29.8. The number of primary amides is 1. The van der Waals surface area contributed by atoms with Crippen LogP contribution in [0.2, 0.25) is 0 Å². The predicted molar refractivity (Wildman–Crippen MR) is 170 cm³/mol. The topological polar surface area (TPSA) is 177 Å². The van der Waals surface area contributed by atoms with Gasteiger partial charge in [0.15, 0.2) is 5.96 Å². The van der Waals surface area contributed by atoms with Gasteiger partial charge in [-0.25, -0.2) is 4.98 Å². The molecule has 5 aromatic rings. The van der Waals surface area contributed by atoms with Gasteiger partial charge in [0, 0.05) is 36.6 Å². The van der Waals surface area contributed by atoms with E-state index in [1.54, 1.807) is 30.6 Å². The zero-order chi connectivity index (χ0) is 30.9. The highest BCUT2D eigenvalue weighted by molar-refractivity contribution is 5.98. The number of imidazole rings is 1. The highest BCUT2D eigenvalue weighted by Gasteiger charge is 2.25. The summed E-state index contributed by atoms with van der Waals surface area (Å²) in [6.45, 7) is 0.799. The number of guanidine groups is 1. The molecule has 2 aromatic heterocycles. The van der Waals surface area contributed by atoms with Gasteiger partial charge in [0.25, 0.3) is 5.91 Å². The number of nitrogens with two attached hydrogens (primary N) is 3. The molecule has 5 rings (SSSR count). The molecule has 2 amide bonds. The molecule has 3 aromatic carbocycles. The second-order valence-corrected chi connectivity index (χ2v) is 10.2. The highest BCUT2D eigenvalue weighted by atomic mass is 16.5. The number of rotatable bonds is 13. The second-order valence-electron chi connectivity index (χ2n) is 10.2.